The summed E-state index contributed by atoms with van der Waals surface area (Å²) < 4.78 is 5.50. The van der Waals surface area contributed by atoms with Crippen LogP contribution in [0.5, 0.6) is 0 Å². The molecule has 1 amide bonds. The number of likely N-dealkylation sites (tertiary alicyclic amines) is 1. The molecule has 2 N–H and O–H groups in total. The Labute approximate surface area is 101 Å². The van der Waals surface area contributed by atoms with Crippen molar-refractivity contribution >= 4 is 17.9 Å². The molecule has 16 heavy (non-hydrogen) atoms. The zero-order valence-corrected chi connectivity index (χ0v) is 11.0. The number of fused-ring (bicyclic) bond motifs is 2. The van der Waals surface area contributed by atoms with Gasteiger partial charge in [-0.1, -0.05) is 0 Å². The van der Waals surface area contributed by atoms with E-state index in [1.165, 1.54) is 0 Å². The SMILES string of the molecule is CC(C)(C)OC(=O)N1C[C@@]2(CN)C[C@@H]1CS2. The van der Waals surface area contributed by atoms with E-state index < -0.39 is 5.60 Å². The lowest BCUT2D eigenvalue weighted by atomic mass is 10.1. The van der Waals surface area contributed by atoms with Crippen LogP contribution in [0.1, 0.15) is 27.2 Å². The van der Waals surface area contributed by atoms with Crippen LogP contribution in [0.4, 0.5) is 4.79 Å². The fourth-order valence-corrected chi connectivity index (χ4v) is 3.81. The second kappa shape index (κ2) is 3.81. The van der Waals surface area contributed by atoms with Gasteiger partial charge in [-0.3, -0.25) is 0 Å². The van der Waals surface area contributed by atoms with Crippen LogP contribution in [-0.4, -0.2) is 46.2 Å². The second-order valence-electron chi connectivity index (χ2n) is 5.66. The van der Waals surface area contributed by atoms with Gasteiger partial charge >= 0.3 is 6.09 Å². The van der Waals surface area contributed by atoms with Gasteiger partial charge in [-0.2, -0.15) is 0 Å². The second-order valence-corrected chi connectivity index (χ2v) is 7.15. The Morgan fingerprint density at radius 1 is 1.62 bits per heavy atom. The van der Waals surface area contributed by atoms with Crippen LogP contribution in [0.25, 0.3) is 0 Å². The third-order valence-electron chi connectivity index (χ3n) is 3.09. The van der Waals surface area contributed by atoms with Crippen LogP contribution in [0.3, 0.4) is 0 Å². The van der Waals surface area contributed by atoms with Gasteiger partial charge in [0.1, 0.15) is 5.60 Å². The molecule has 0 aliphatic carbocycles. The minimum atomic E-state index is -0.415. The summed E-state index contributed by atoms with van der Waals surface area (Å²) in [5, 5.41) is 0. The van der Waals surface area contributed by atoms with Gasteiger partial charge in [0.2, 0.25) is 0 Å². The fourth-order valence-electron chi connectivity index (χ4n) is 2.31. The smallest absolute Gasteiger partial charge is 0.410 e. The fraction of sp³-hybridized carbons (Fsp3) is 0.909. The molecule has 2 heterocycles. The van der Waals surface area contributed by atoms with Crippen molar-refractivity contribution in [1.82, 2.24) is 4.90 Å². The van der Waals surface area contributed by atoms with Crippen molar-refractivity contribution in [2.45, 2.75) is 43.6 Å². The van der Waals surface area contributed by atoms with Gasteiger partial charge in [0.15, 0.2) is 0 Å². The number of hydrogen-bond acceptors (Lipinski definition) is 4. The lowest BCUT2D eigenvalue weighted by molar-refractivity contribution is 0.0234. The largest absolute Gasteiger partial charge is 0.444 e. The summed E-state index contributed by atoms with van der Waals surface area (Å²) in [5.74, 6) is 0.996. The number of ether oxygens (including phenoxy) is 1. The predicted octanol–water partition coefficient (Wildman–Crippen LogP) is 1.44. The molecule has 0 radical (unpaired) electrons. The minimum absolute atomic E-state index is 0.0988. The summed E-state index contributed by atoms with van der Waals surface area (Å²) in [6.45, 7) is 7.08. The lowest BCUT2D eigenvalue weighted by Crippen LogP contribution is -2.46. The molecule has 0 aromatic rings. The van der Waals surface area contributed by atoms with Gasteiger partial charge in [0, 0.05) is 29.6 Å². The molecule has 2 aliphatic heterocycles. The predicted molar refractivity (Wildman–Crippen MR) is 65.6 cm³/mol. The number of nitrogens with zero attached hydrogens (tertiary/aromatic N) is 1. The highest BCUT2D eigenvalue weighted by atomic mass is 32.2. The molecular weight excluding hydrogens is 224 g/mol. The molecule has 5 heteroatoms. The molecule has 0 aromatic carbocycles. The summed E-state index contributed by atoms with van der Waals surface area (Å²) >= 11 is 1.90. The van der Waals surface area contributed by atoms with Crippen LogP contribution in [0.15, 0.2) is 0 Å². The highest BCUT2D eigenvalue weighted by Gasteiger charge is 2.51. The van der Waals surface area contributed by atoms with Crippen LogP contribution in [-0.2, 0) is 4.74 Å². The quantitative estimate of drug-likeness (QED) is 0.758. The van der Waals surface area contributed by atoms with Crippen molar-refractivity contribution in [3.8, 4) is 0 Å². The van der Waals surface area contributed by atoms with E-state index in [4.69, 9.17) is 10.5 Å². The third-order valence-corrected chi connectivity index (χ3v) is 4.72. The average molecular weight is 244 g/mol. The summed E-state index contributed by atoms with van der Waals surface area (Å²) in [6, 6.07) is 0.323. The Balaban J connectivity index is 2.01. The Kier molecular flexibility index (Phi) is 2.87. The molecular formula is C11H20N2O2S. The van der Waals surface area contributed by atoms with Gasteiger partial charge in [-0.15, -0.1) is 11.8 Å². The lowest BCUT2D eigenvalue weighted by Gasteiger charge is -2.32. The molecule has 2 rings (SSSR count). The number of carbonyl (C=O) groups is 1. The zero-order valence-electron chi connectivity index (χ0n) is 10.2. The standard InChI is InChI=1S/C11H20N2O2S/c1-10(2,3)15-9(14)13-7-11(6-12)4-8(13)5-16-11/h8H,4-7,12H2,1-3H3/t8-,11+/m1/s1. The van der Waals surface area contributed by atoms with E-state index in [0.717, 1.165) is 18.7 Å². The van der Waals surface area contributed by atoms with E-state index in [-0.39, 0.29) is 10.8 Å². The molecule has 0 saturated carbocycles. The Bertz CT molecular complexity index is 303. The van der Waals surface area contributed by atoms with Gasteiger partial charge in [-0.25, -0.2) is 4.79 Å². The maximum Gasteiger partial charge on any atom is 0.410 e. The molecule has 2 saturated heterocycles. The van der Waals surface area contributed by atoms with E-state index in [0.29, 0.717) is 12.6 Å². The molecule has 2 aliphatic rings. The first-order valence-electron chi connectivity index (χ1n) is 5.69. The molecule has 2 bridgehead atoms. The van der Waals surface area contributed by atoms with E-state index in [9.17, 15) is 4.79 Å². The van der Waals surface area contributed by atoms with Crippen molar-refractivity contribution in [2.75, 3.05) is 18.8 Å². The Hall–Kier alpha value is -0.420. The Morgan fingerprint density at radius 2 is 2.31 bits per heavy atom. The highest BCUT2D eigenvalue weighted by molar-refractivity contribution is 8.01. The van der Waals surface area contributed by atoms with Crippen LogP contribution in [0.2, 0.25) is 0 Å². The molecule has 0 aromatic heterocycles. The van der Waals surface area contributed by atoms with E-state index in [1.807, 2.05) is 37.4 Å². The van der Waals surface area contributed by atoms with Crippen molar-refractivity contribution in [1.29, 1.82) is 0 Å². The maximum absolute atomic E-state index is 12.0. The Morgan fingerprint density at radius 3 is 2.81 bits per heavy atom. The van der Waals surface area contributed by atoms with Crippen molar-refractivity contribution < 1.29 is 9.53 Å². The summed E-state index contributed by atoms with van der Waals surface area (Å²) in [4.78, 5) is 13.8. The minimum Gasteiger partial charge on any atom is -0.444 e. The zero-order chi connectivity index (χ0) is 12.0. The first-order chi connectivity index (χ1) is 7.35. The number of carbonyl (C=O) groups excluding carboxylic acids is 1. The number of thioether (sulfide) groups is 1. The van der Waals surface area contributed by atoms with Crippen molar-refractivity contribution in [3.63, 3.8) is 0 Å². The third kappa shape index (κ3) is 2.15. The average Bonchev–Trinajstić information content (AvgIpc) is 2.72. The van der Waals surface area contributed by atoms with E-state index >= 15 is 0 Å². The molecule has 2 atom stereocenters. The van der Waals surface area contributed by atoms with Gasteiger partial charge in [0.05, 0.1) is 0 Å². The summed E-state index contributed by atoms with van der Waals surface area (Å²) in [5.41, 5.74) is 5.38. The van der Waals surface area contributed by atoms with Crippen molar-refractivity contribution in [2.24, 2.45) is 5.73 Å². The number of rotatable bonds is 1. The molecule has 92 valence electrons. The highest BCUT2D eigenvalue weighted by Crippen LogP contribution is 2.46. The maximum atomic E-state index is 12.0. The topological polar surface area (TPSA) is 55.6 Å². The first kappa shape index (κ1) is 12.0. The monoisotopic (exact) mass is 244 g/mol. The normalized spacial score (nSPS) is 33.2. The van der Waals surface area contributed by atoms with Crippen LogP contribution >= 0.6 is 11.8 Å². The van der Waals surface area contributed by atoms with Gasteiger partial charge in [-0.05, 0) is 27.2 Å². The number of hydrogen-bond donors (Lipinski definition) is 1. The first-order valence-corrected chi connectivity index (χ1v) is 6.67. The van der Waals surface area contributed by atoms with E-state index in [2.05, 4.69) is 0 Å². The molecule has 4 nitrogen and oxygen atoms in total. The summed E-state index contributed by atoms with van der Waals surface area (Å²) in [7, 11) is 0. The van der Waals surface area contributed by atoms with E-state index in [1.54, 1.807) is 0 Å². The molecule has 0 unspecified atom stereocenters. The number of nitrogens with two attached hydrogens (primary N) is 1. The number of amides is 1. The molecule has 0 spiro atoms. The summed E-state index contributed by atoms with van der Waals surface area (Å²) in [6.07, 6.45) is 0.834. The van der Waals surface area contributed by atoms with Gasteiger partial charge < -0.3 is 15.4 Å². The van der Waals surface area contributed by atoms with Gasteiger partial charge in [0.25, 0.3) is 0 Å². The molecule has 2 fully saturated rings. The van der Waals surface area contributed by atoms with Crippen molar-refractivity contribution in [3.05, 3.63) is 0 Å². The van der Waals surface area contributed by atoms with Crippen LogP contribution < -0.4 is 5.73 Å². The van der Waals surface area contributed by atoms with Crippen LogP contribution in [0, 0.1) is 0 Å².